The Morgan fingerprint density at radius 1 is 1.58 bits per heavy atom. The van der Waals surface area contributed by atoms with Gasteiger partial charge in [-0.25, -0.2) is 10.2 Å². The van der Waals surface area contributed by atoms with Crippen LogP contribution in [0.25, 0.3) is 0 Å². The third-order valence-corrected chi connectivity index (χ3v) is 4.26. The largest absolute Gasteiger partial charge is 0.379 e. The fraction of sp³-hybridized carbons (Fsp3) is 0.400. The Morgan fingerprint density at radius 2 is 2.31 bits per heavy atom. The van der Waals surface area contributed by atoms with Crippen molar-refractivity contribution in [3.8, 4) is 0 Å². The summed E-state index contributed by atoms with van der Waals surface area (Å²) in [7, 11) is 0. The third-order valence-electron chi connectivity index (χ3n) is 3.87. The van der Waals surface area contributed by atoms with Gasteiger partial charge in [-0.05, 0) is 12.5 Å². The van der Waals surface area contributed by atoms with Gasteiger partial charge in [-0.15, -0.1) is 0 Å². The third kappa shape index (κ3) is 4.85. The highest BCUT2D eigenvalue weighted by Gasteiger charge is 2.24. The van der Waals surface area contributed by atoms with E-state index in [1.54, 1.807) is 12.1 Å². The maximum atomic E-state index is 11.4. The molecule has 1 aromatic carbocycles. The summed E-state index contributed by atoms with van der Waals surface area (Å²) < 4.78 is 1.07. The predicted octanol–water partition coefficient (Wildman–Crippen LogP) is 1.48. The Balaban J connectivity index is 2.10. The number of nitro benzene ring substituents is 1. The van der Waals surface area contributed by atoms with Crippen LogP contribution in [0, 0.1) is 16.0 Å². The van der Waals surface area contributed by atoms with Crippen LogP contribution < -0.4 is 16.5 Å². The number of urea groups is 1. The molecule has 0 aliphatic carbocycles. The molecule has 1 unspecified atom stereocenters. The van der Waals surface area contributed by atoms with Gasteiger partial charge in [0, 0.05) is 37.1 Å². The summed E-state index contributed by atoms with van der Waals surface area (Å²) in [6.07, 6.45) is 0.799. The Labute approximate surface area is 155 Å². The zero-order chi connectivity index (χ0) is 19.3. The van der Waals surface area contributed by atoms with Crippen molar-refractivity contribution in [2.45, 2.75) is 19.8 Å². The minimum Gasteiger partial charge on any atom is -0.379 e. The fourth-order valence-corrected chi connectivity index (χ4v) is 2.70. The van der Waals surface area contributed by atoms with Crippen molar-refractivity contribution in [2.24, 2.45) is 16.8 Å². The number of thiol groups is 1. The molecule has 10 nitrogen and oxygen atoms in total. The van der Waals surface area contributed by atoms with Crippen LogP contribution in [0.4, 0.5) is 16.2 Å². The molecule has 0 bridgehead atoms. The first-order valence-corrected chi connectivity index (χ1v) is 8.34. The van der Waals surface area contributed by atoms with Gasteiger partial charge < -0.3 is 11.1 Å². The van der Waals surface area contributed by atoms with Crippen molar-refractivity contribution in [1.82, 2.24) is 9.73 Å². The van der Waals surface area contributed by atoms with Gasteiger partial charge in [0.25, 0.3) is 5.69 Å². The molecular weight excluding hydrogens is 360 g/mol. The Hall–Kier alpha value is -2.82. The van der Waals surface area contributed by atoms with Crippen LogP contribution in [0.5, 0.6) is 0 Å². The highest BCUT2D eigenvalue weighted by atomic mass is 32.1. The number of hydrogen-bond donors (Lipinski definition) is 4. The molecule has 0 spiro atoms. The van der Waals surface area contributed by atoms with E-state index in [0.717, 1.165) is 4.31 Å². The number of nitrogens with one attached hydrogen (secondary N) is 2. The minimum absolute atomic E-state index is 0.0908. The lowest BCUT2D eigenvalue weighted by molar-refractivity contribution is -0.384. The molecule has 0 saturated carbocycles. The van der Waals surface area contributed by atoms with Crippen LogP contribution in [0.15, 0.2) is 23.3 Å². The maximum Gasteiger partial charge on any atom is 0.324 e. The predicted molar refractivity (Wildman–Crippen MR) is 99.9 cm³/mol. The summed E-state index contributed by atoms with van der Waals surface area (Å²) in [4.78, 5) is 33.1. The normalized spacial score (nSPS) is 16.5. The molecule has 0 radical (unpaired) electrons. The zero-order valence-corrected chi connectivity index (χ0v) is 15.0. The van der Waals surface area contributed by atoms with E-state index in [0.29, 0.717) is 36.5 Å². The summed E-state index contributed by atoms with van der Waals surface area (Å²) in [6.45, 7) is 2.56. The SMILES string of the molecule is CC1CC(=O)NN=C1c1ccc(NCCCN(S)C(N)=O)c([N+](=O)[O-])c1. The number of hydrazone groups is 1. The van der Waals surface area contributed by atoms with E-state index >= 15 is 0 Å². The molecular formula is C15H20N6O4S. The molecule has 1 aromatic rings. The lowest BCUT2D eigenvalue weighted by Gasteiger charge is -2.19. The zero-order valence-electron chi connectivity index (χ0n) is 14.1. The van der Waals surface area contributed by atoms with Gasteiger partial charge in [0.05, 0.1) is 10.6 Å². The molecule has 0 aromatic heterocycles. The van der Waals surface area contributed by atoms with E-state index < -0.39 is 11.0 Å². The van der Waals surface area contributed by atoms with Gasteiger partial charge in [0.1, 0.15) is 5.69 Å². The smallest absolute Gasteiger partial charge is 0.324 e. The quantitative estimate of drug-likeness (QED) is 0.245. The van der Waals surface area contributed by atoms with Gasteiger partial charge >= 0.3 is 6.03 Å². The van der Waals surface area contributed by atoms with Crippen LogP contribution in [-0.4, -0.2) is 40.0 Å². The van der Waals surface area contributed by atoms with Crippen molar-refractivity contribution in [3.05, 3.63) is 33.9 Å². The molecule has 1 heterocycles. The maximum absolute atomic E-state index is 11.4. The number of benzene rings is 1. The summed E-state index contributed by atoms with van der Waals surface area (Å²) in [5.74, 6) is -0.305. The van der Waals surface area contributed by atoms with Gasteiger partial charge in [-0.1, -0.05) is 25.8 Å². The highest BCUT2D eigenvalue weighted by molar-refractivity contribution is 7.78. The van der Waals surface area contributed by atoms with Gasteiger partial charge in [-0.2, -0.15) is 5.10 Å². The second-order valence-corrected chi connectivity index (χ2v) is 6.35. The number of anilines is 1. The summed E-state index contributed by atoms with van der Waals surface area (Å²) >= 11 is 3.90. The van der Waals surface area contributed by atoms with Gasteiger partial charge in [0.2, 0.25) is 5.91 Å². The van der Waals surface area contributed by atoms with Crippen LogP contribution in [0.2, 0.25) is 0 Å². The topological polar surface area (TPSA) is 143 Å². The number of amides is 3. The second kappa shape index (κ2) is 8.52. The number of nitro groups is 1. The van der Waals surface area contributed by atoms with E-state index in [2.05, 4.69) is 28.7 Å². The summed E-state index contributed by atoms with van der Waals surface area (Å²) in [5, 5.41) is 18.4. The van der Waals surface area contributed by atoms with Crippen molar-refractivity contribution in [2.75, 3.05) is 18.4 Å². The lowest BCUT2D eigenvalue weighted by atomic mass is 9.93. The molecule has 1 atom stereocenters. The van der Waals surface area contributed by atoms with E-state index in [1.807, 2.05) is 6.92 Å². The Morgan fingerprint density at radius 3 is 2.92 bits per heavy atom. The number of carbonyl (C=O) groups excluding carboxylic acids is 2. The monoisotopic (exact) mass is 380 g/mol. The van der Waals surface area contributed by atoms with Gasteiger partial charge in [0.15, 0.2) is 0 Å². The number of rotatable bonds is 7. The van der Waals surface area contributed by atoms with Crippen LogP contribution in [0.3, 0.4) is 0 Å². The first kappa shape index (κ1) is 19.5. The van der Waals surface area contributed by atoms with E-state index in [1.165, 1.54) is 6.07 Å². The van der Waals surface area contributed by atoms with E-state index in [-0.39, 0.29) is 23.9 Å². The molecule has 1 aliphatic heterocycles. The molecule has 0 saturated heterocycles. The van der Waals surface area contributed by atoms with Crippen LogP contribution >= 0.6 is 12.8 Å². The van der Waals surface area contributed by atoms with Crippen molar-refractivity contribution >= 4 is 41.8 Å². The van der Waals surface area contributed by atoms with Crippen molar-refractivity contribution in [1.29, 1.82) is 0 Å². The molecule has 3 amide bonds. The molecule has 11 heteroatoms. The Kier molecular flexibility index (Phi) is 6.39. The first-order chi connectivity index (χ1) is 12.3. The summed E-state index contributed by atoms with van der Waals surface area (Å²) in [6, 6.07) is 4.10. The fourth-order valence-electron chi connectivity index (χ4n) is 2.56. The first-order valence-electron chi connectivity index (χ1n) is 7.94. The number of nitrogens with two attached hydrogens (primary N) is 1. The lowest BCUT2D eigenvalue weighted by Crippen LogP contribution is -2.32. The molecule has 0 fully saturated rings. The van der Waals surface area contributed by atoms with Gasteiger partial charge in [-0.3, -0.25) is 19.2 Å². The Bertz CT molecular complexity index is 754. The number of primary amides is 1. The van der Waals surface area contributed by atoms with Crippen LogP contribution in [0.1, 0.15) is 25.3 Å². The minimum atomic E-state index is -0.655. The number of carbonyl (C=O) groups is 2. The highest BCUT2D eigenvalue weighted by Crippen LogP contribution is 2.28. The van der Waals surface area contributed by atoms with Crippen molar-refractivity contribution in [3.63, 3.8) is 0 Å². The average molecular weight is 380 g/mol. The van der Waals surface area contributed by atoms with E-state index in [4.69, 9.17) is 5.73 Å². The molecule has 4 N–H and O–H groups in total. The van der Waals surface area contributed by atoms with E-state index in [9.17, 15) is 19.7 Å². The molecule has 2 rings (SSSR count). The molecule has 26 heavy (non-hydrogen) atoms. The number of nitrogens with zero attached hydrogens (tertiary/aromatic N) is 3. The summed E-state index contributed by atoms with van der Waals surface area (Å²) in [5.41, 5.74) is 8.92. The average Bonchev–Trinajstić information content (AvgIpc) is 2.58. The molecule has 140 valence electrons. The van der Waals surface area contributed by atoms with Crippen LogP contribution in [-0.2, 0) is 4.79 Å². The number of hydrogen-bond acceptors (Lipinski definition) is 7. The standard InChI is InChI=1S/C15H20N6O4S/c1-9-7-13(22)18-19-14(9)10-3-4-11(12(8-10)21(24)25)17-5-2-6-20(26)15(16)23/h3-4,8-9,17,26H,2,5-7H2,1H3,(H2,16,23)(H,18,22). The molecule has 1 aliphatic rings. The van der Waals surface area contributed by atoms with Crippen molar-refractivity contribution < 1.29 is 14.5 Å². The second-order valence-electron chi connectivity index (χ2n) is 5.87.